The molecule has 0 aromatic heterocycles. The van der Waals surface area contributed by atoms with Crippen molar-refractivity contribution in [3.63, 3.8) is 0 Å². The third-order valence-electron chi connectivity index (χ3n) is 5.58. The fourth-order valence-electron chi connectivity index (χ4n) is 3.51. The largest absolute Gasteiger partial charge is 0.494 e. The van der Waals surface area contributed by atoms with Gasteiger partial charge in [-0.3, -0.25) is 5.01 Å². The molecule has 0 unspecified atom stereocenters. The molecule has 0 amide bonds. The first kappa shape index (κ1) is 23.9. The van der Waals surface area contributed by atoms with E-state index in [1.807, 2.05) is 29.3 Å². The van der Waals surface area contributed by atoms with E-state index < -0.39 is 0 Å². The number of unbranched alkanes of at least 4 members (excludes halogenated alkanes) is 1. The molecule has 0 atom stereocenters. The van der Waals surface area contributed by atoms with Crippen LogP contribution >= 0.6 is 0 Å². The number of anilines is 1. The Morgan fingerprint density at radius 3 is 2.31 bits per heavy atom. The Hall–Kier alpha value is -2.73. The summed E-state index contributed by atoms with van der Waals surface area (Å²) in [6.45, 7) is 13.1. The standard InChI is InChI=1S/C26H38N4O2/c1-5-6-17-32-24-13-11-23(12-14-24)30(25(27)28-29-15-18-31-19-16-29)20-21-7-9-22(10-8-21)26(2,3)4/h7-14H,5-6,15-20H2,1-4H3,(H2,27,28). The smallest absolute Gasteiger partial charge is 0.218 e. The summed E-state index contributed by atoms with van der Waals surface area (Å²) in [6, 6.07) is 16.9. The van der Waals surface area contributed by atoms with Gasteiger partial charge in [0.2, 0.25) is 5.96 Å². The maximum absolute atomic E-state index is 6.53. The van der Waals surface area contributed by atoms with Gasteiger partial charge in [0, 0.05) is 5.69 Å². The number of nitrogens with zero attached hydrogens (tertiary/aromatic N) is 3. The quantitative estimate of drug-likeness (QED) is 0.367. The minimum atomic E-state index is 0.128. The second kappa shape index (κ2) is 11.2. The average Bonchev–Trinajstić information content (AvgIpc) is 2.78. The van der Waals surface area contributed by atoms with E-state index in [1.165, 1.54) is 11.1 Å². The van der Waals surface area contributed by atoms with Crippen LogP contribution in [0.1, 0.15) is 51.7 Å². The first-order valence-corrected chi connectivity index (χ1v) is 11.6. The number of morpholine rings is 1. The van der Waals surface area contributed by atoms with Crippen LogP contribution in [0.15, 0.2) is 53.6 Å². The maximum atomic E-state index is 6.53. The number of rotatable bonds is 8. The zero-order valence-corrected chi connectivity index (χ0v) is 20.0. The topological polar surface area (TPSA) is 63.3 Å². The highest BCUT2D eigenvalue weighted by Gasteiger charge is 2.17. The summed E-state index contributed by atoms with van der Waals surface area (Å²) in [6.07, 6.45) is 2.17. The van der Waals surface area contributed by atoms with Gasteiger partial charge in [-0.05, 0) is 47.2 Å². The summed E-state index contributed by atoms with van der Waals surface area (Å²) >= 11 is 0. The van der Waals surface area contributed by atoms with E-state index in [2.05, 4.69) is 56.9 Å². The third kappa shape index (κ3) is 6.89. The van der Waals surface area contributed by atoms with Crippen LogP contribution in [0.4, 0.5) is 5.69 Å². The molecule has 32 heavy (non-hydrogen) atoms. The lowest BCUT2D eigenvalue weighted by Gasteiger charge is -2.29. The molecule has 174 valence electrons. The lowest BCUT2D eigenvalue weighted by molar-refractivity contribution is 0.0392. The van der Waals surface area contributed by atoms with E-state index in [-0.39, 0.29) is 5.41 Å². The Morgan fingerprint density at radius 2 is 1.72 bits per heavy atom. The van der Waals surface area contributed by atoms with Crippen molar-refractivity contribution in [2.75, 3.05) is 37.8 Å². The Labute approximate surface area is 193 Å². The molecule has 0 bridgehead atoms. The number of hydrazone groups is 1. The van der Waals surface area contributed by atoms with Crippen molar-refractivity contribution < 1.29 is 9.47 Å². The summed E-state index contributed by atoms with van der Waals surface area (Å²) in [5.41, 5.74) is 10.1. The first-order chi connectivity index (χ1) is 15.4. The molecule has 1 saturated heterocycles. The van der Waals surface area contributed by atoms with Gasteiger partial charge in [-0.2, -0.15) is 0 Å². The Balaban J connectivity index is 1.81. The van der Waals surface area contributed by atoms with E-state index >= 15 is 0 Å². The predicted molar refractivity (Wildman–Crippen MR) is 132 cm³/mol. The minimum absolute atomic E-state index is 0.128. The van der Waals surface area contributed by atoms with E-state index in [4.69, 9.17) is 20.3 Å². The summed E-state index contributed by atoms with van der Waals surface area (Å²) < 4.78 is 11.3. The molecule has 1 heterocycles. The molecule has 0 saturated carbocycles. The maximum Gasteiger partial charge on any atom is 0.218 e. The van der Waals surface area contributed by atoms with Crippen molar-refractivity contribution in [1.29, 1.82) is 0 Å². The van der Waals surface area contributed by atoms with Crippen molar-refractivity contribution in [2.24, 2.45) is 10.8 Å². The van der Waals surface area contributed by atoms with Gasteiger partial charge in [0.1, 0.15) is 5.75 Å². The van der Waals surface area contributed by atoms with Gasteiger partial charge in [-0.25, -0.2) is 0 Å². The van der Waals surface area contributed by atoms with Gasteiger partial charge in [0.15, 0.2) is 0 Å². The van der Waals surface area contributed by atoms with Gasteiger partial charge in [-0.1, -0.05) is 58.4 Å². The Kier molecular flexibility index (Phi) is 8.39. The summed E-state index contributed by atoms with van der Waals surface area (Å²) in [4.78, 5) is 2.05. The molecular weight excluding hydrogens is 400 g/mol. The fourth-order valence-corrected chi connectivity index (χ4v) is 3.51. The SMILES string of the molecule is CCCCOc1ccc(N(Cc2ccc(C(C)(C)C)cc2)/C(N)=N/N2CCOCC2)cc1. The van der Waals surface area contributed by atoms with Crippen molar-refractivity contribution in [3.05, 3.63) is 59.7 Å². The summed E-state index contributed by atoms with van der Waals surface area (Å²) in [5, 5.41) is 6.67. The highest BCUT2D eigenvalue weighted by molar-refractivity contribution is 5.94. The van der Waals surface area contributed by atoms with Gasteiger partial charge in [0.05, 0.1) is 39.5 Å². The van der Waals surface area contributed by atoms with Crippen molar-refractivity contribution >= 4 is 11.6 Å². The molecule has 0 radical (unpaired) electrons. The van der Waals surface area contributed by atoms with E-state index in [1.54, 1.807) is 0 Å². The fraction of sp³-hybridized carbons (Fsp3) is 0.500. The summed E-state index contributed by atoms with van der Waals surface area (Å²) in [7, 11) is 0. The van der Waals surface area contributed by atoms with Crippen LogP contribution in [0.2, 0.25) is 0 Å². The zero-order chi connectivity index (χ0) is 23.0. The molecule has 0 aliphatic carbocycles. The number of hydrogen-bond donors (Lipinski definition) is 1. The van der Waals surface area contributed by atoms with E-state index in [0.717, 1.165) is 44.0 Å². The normalized spacial score (nSPS) is 15.0. The van der Waals surface area contributed by atoms with E-state index in [9.17, 15) is 0 Å². The van der Waals surface area contributed by atoms with E-state index in [0.29, 0.717) is 25.7 Å². The molecule has 2 aromatic carbocycles. The van der Waals surface area contributed by atoms with Crippen LogP contribution in [0.3, 0.4) is 0 Å². The van der Waals surface area contributed by atoms with Gasteiger partial charge >= 0.3 is 0 Å². The van der Waals surface area contributed by atoms with Gasteiger partial charge < -0.3 is 20.1 Å². The molecule has 1 fully saturated rings. The number of ether oxygens (including phenoxy) is 2. The molecule has 1 aliphatic rings. The van der Waals surface area contributed by atoms with Gasteiger partial charge in [-0.15, -0.1) is 5.10 Å². The number of hydrogen-bond acceptors (Lipinski definition) is 4. The molecule has 2 N–H and O–H groups in total. The average molecular weight is 439 g/mol. The summed E-state index contributed by atoms with van der Waals surface area (Å²) in [5.74, 6) is 1.35. The highest BCUT2D eigenvalue weighted by Crippen LogP contribution is 2.25. The molecule has 1 aliphatic heterocycles. The van der Waals surface area contributed by atoms with Crippen LogP contribution in [0.25, 0.3) is 0 Å². The first-order valence-electron chi connectivity index (χ1n) is 11.6. The second-order valence-electron chi connectivity index (χ2n) is 9.25. The predicted octanol–water partition coefficient (Wildman–Crippen LogP) is 4.73. The lowest BCUT2D eigenvalue weighted by Crippen LogP contribution is -2.41. The number of guanidine groups is 1. The van der Waals surface area contributed by atoms with Crippen molar-refractivity contribution in [3.8, 4) is 5.75 Å². The molecule has 6 heteroatoms. The van der Waals surface area contributed by atoms with Crippen LogP contribution in [0.5, 0.6) is 5.75 Å². The monoisotopic (exact) mass is 438 g/mol. The second-order valence-corrected chi connectivity index (χ2v) is 9.25. The molecule has 6 nitrogen and oxygen atoms in total. The Bertz CT molecular complexity index is 851. The lowest BCUT2D eigenvalue weighted by atomic mass is 9.87. The van der Waals surface area contributed by atoms with Gasteiger partial charge in [0.25, 0.3) is 0 Å². The molecule has 2 aromatic rings. The Morgan fingerprint density at radius 1 is 1.06 bits per heavy atom. The molecular formula is C26H38N4O2. The molecule has 0 spiro atoms. The van der Waals surface area contributed by atoms with Crippen molar-refractivity contribution in [2.45, 2.75) is 52.5 Å². The van der Waals surface area contributed by atoms with Crippen LogP contribution in [-0.2, 0) is 16.7 Å². The van der Waals surface area contributed by atoms with Crippen LogP contribution in [0, 0.1) is 0 Å². The van der Waals surface area contributed by atoms with Crippen molar-refractivity contribution in [1.82, 2.24) is 5.01 Å². The van der Waals surface area contributed by atoms with Crippen LogP contribution < -0.4 is 15.4 Å². The number of nitrogens with two attached hydrogens (primary N) is 1. The third-order valence-corrected chi connectivity index (χ3v) is 5.58. The highest BCUT2D eigenvalue weighted by atomic mass is 16.5. The van der Waals surface area contributed by atoms with Crippen LogP contribution in [-0.4, -0.2) is 43.9 Å². The zero-order valence-electron chi connectivity index (χ0n) is 20.0. The minimum Gasteiger partial charge on any atom is -0.494 e. The molecule has 3 rings (SSSR count). The number of benzene rings is 2.